The summed E-state index contributed by atoms with van der Waals surface area (Å²) in [6.07, 6.45) is 1.47. The molecule has 0 aromatic carbocycles. The maximum absolute atomic E-state index is 10.6. The van der Waals surface area contributed by atoms with Crippen LogP contribution in [0.1, 0.15) is 19.8 Å². The molecule has 1 aliphatic rings. The first-order valence-electron chi connectivity index (χ1n) is 5.59. The van der Waals surface area contributed by atoms with Crippen molar-refractivity contribution in [3.8, 4) is 0 Å². The van der Waals surface area contributed by atoms with E-state index in [1.807, 2.05) is 14.0 Å². The molecule has 1 rings (SSSR count). The third-order valence-electron chi connectivity index (χ3n) is 3.26. The molecular weight excluding hydrogens is 192 g/mol. The molecule has 2 unspecified atom stereocenters. The second-order valence-corrected chi connectivity index (χ2v) is 4.80. The molecule has 88 valence electrons. The predicted molar refractivity (Wildman–Crippen MR) is 59.9 cm³/mol. The van der Waals surface area contributed by atoms with Crippen molar-refractivity contribution in [2.24, 2.45) is 5.92 Å². The number of carbonyl (C=O) groups is 1. The summed E-state index contributed by atoms with van der Waals surface area (Å²) in [7, 11) is 4.16. The first-order valence-corrected chi connectivity index (χ1v) is 5.59. The Labute approximate surface area is 91.9 Å². The van der Waals surface area contributed by atoms with Gasteiger partial charge in [0.2, 0.25) is 0 Å². The molecular formula is C11H22N2O2. The van der Waals surface area contributed by atoms with Gasteiger partial charge in [0.05, 0.1) is 6.42 Å². The molecule has 2 atom stereocenters. The zero-order valence-corrected chi connectivity index (χ0v) is 9.94. The van der Waals surface area contributed by atoms with Crippen molar-refractivity contribution in [3.63, 3.8) is 0 Å². The normalized spacial score (nSPS) is 24.7. The van der Waals surface area contributed by atoms with E-state index in [1.54, 1.807) is 0 Å². The number of likely N-dealkylation sites (tertiary alicyclic amines) is 1. The van der Waals surface area contributed by atoms with Gasteiger partial charge in [0.25, 0.3) is 0 Å². The summed E-state index contributed by atoms with van der Waals surface area (Å²) in [6, 6.07) is 0.133. The van der Waals surface area contributed by atoms with E-state index in [1.165, 1.54) is 13.0 Å². The second kappa shape index (κ2) is 5.47. The third-order valence-corrected chi connectivity index (χ3v) is 3.26. The fraction of sp³-hybridized carbons (Fsp3) is 0.909. The smallest absolute Gasteiger partial charge is 0.304 e. The van der Waals surface area contributed by atoms with Crippen molar-refractivity contribution < 1.29 is 9.90 Å². The van der Waals surface area contributed by atoms with E-state index >= 15 is 0 Å². The number of hydrogen-bond donors (Lipinski definition) is 1. The number of aliphatic carboxylic acids is 1. The highest BCUT2D eigenvalue weighted by Gasteiger charge is 2.23. The Balaban J connectivity index is 2.28. The molecule has 0 amide bonds. The number of carboxylic acid groups (broad SMARTS) is 1. The van der Waals surface area contributed by atoms with Crippen LogP contribution in [0, 0.1) is 5.92 Å². The molecule has 0 aliphatic carbocycles. The minimum absolute atomic E-state index is 0.133. The van der Waals surface area contributed by atoms with Crippen LogP contribution in [0.5, 0.6) is 0 Å². The van der Waals surface area contributed by atoms with Crippen molar-refractivity contribution in [2.75, 3.05) is 33.7 Å². The Hall–Kier alpha value is -0.610. The molecule has 4 nitrogen and oxygen atoms in total. The van der Waals surface area contributed by atoms with Gasteiger partial charge in [-0.15, -0.1) is 0 Å². The van der Waals surface area contributed by atoms with E-state index < -0.39 is 5.97 Å². The minimum Gasteiger partial charge on any atom is -0.481 e. The highest BCUT2D eigenvalue weighted by atomic mass is 16.4. The van der Waals surface area contributed by atoms with Gasteiger partial charge in [-0.1, -0.05) is 0 Å². The molecule has 4 heteroatoms. The Morgan fingerprint density at radius 1 is 1.67 bits per heavy atom. The number of carboxylic acids is 1. The lowest BCUT2D eigenvalue weighted by Gasteiger charge is -2.26. The summed E-state index contributed by atoms with van der Waals surface area (Å²) >= 11 is 0. The van der Waals surface area contributed by atoms with Gasteiger partial charge >= 0.3 is 5.97 Å². The number of hydrogen-bond acceptors (Lipinski definition) is 3. The average molecular weight is 214 g/mol. The summed E-state index contributed by atoms with van der Waals surface area (Å²) in [5.41, 5.74) is 0. The van der Waals surface area contributed by atoms with Crippen LogP contribution in [0.3, 0.4) is 0 Å². The van der Waals surface area contributed by atoms with Crippen LogP contribution in [-0.4, -0.2) is 60.6 Å². The molecule has 0 spiro atoms. The highest BCUT2D eigenvalue weighted by molar-refractivity contribution is 5.67. The quantitative estimate of drug-likeness (QED) is 0.733. The molecule has 1 fully saturated rings. The van der Waals surface area contributed by atoms with Crippen molar-refractivity contribution in [2.45, 2.75) is 25.8 Å². The second-order valence-electron chi connectivity index (χ2n) is 4.80. The van der Waals surface area contributed by atoms with Gasteiger partial charge in [-0.05, 0) is 39.9 Å². The Bertz CT molecular complexity index is 221. The molecule has 1 heterocycles. The minimum atomic E-state index is -0.710. The van der Waals surface area contributed by atoms with Crippen molar-refractivity contribution in [1.29, 1.82) is 0 Å². The maximum atomic E-state index is 10.6. The first-order chi connectivity index (χ1) is 6.99. The third kappa shape index (κ3) is 4.18. The van der Waals surface area contributed by atoms with Gasteiger partial charge < -0.3 is 14.9 Å². The Morgan fingerprint density at radius 3 is 2.80 bits per heavy atom. The van der Waals surface area contributed by atoms with Gasteiger partial charge in [-0.2, -0.15) is 0 Å². The topological polar surface area (TPSA) is 43.8 Å². The fourth-order valence-corrected chi connectivity index (χ4v) is 2.17. The number of nitrogens with zero attached hydrogens (tertiary/aromatic N) is 2. The average Bonchev–Trinajstić information content (AvgIpc) is 2.50. The first kappa shape index (κ1) is 12.5. The number of rotatable bonds is 5. The Kier molecular flexibility index (Phi) is 4.54. The highest BCUT2D eigenvalue weighted by Crippen LogP contribution is 2.16. The molecule has 1 aliphatic heterocycles. The molecule has 1 N–H and O–H groups in total. The van der Waals surface area contributed by atoms with E-state index in [0.717, 1.165) is 13.1 Å². The zero-order chi connectivity index (χ0) is 11.4. The standard InChI is InChI=1S/C11H22N2O2/c1-9(6-11(14)15)13(3)8-10-4-5-12(2)7-10/h9-10H,4-8H2,1-3H3,(H,14,15). The van der Waals surface area contributed by atoms with Crippen molar-refractivity contribution in [1.82, 2.24) is 9.80 Å². The largest absolute Gasteiger partial charge is 0.481 e. The van der Waals surface area contributed by atoms with Crippen LogP contribution in [-0.2, 0) is 4.79 Å². The van der Waals surface area contributed by atoms with Crippen LogP contribution >= 0.6 is 0 Å². The van der Waals surface area contributed by atoms with Crippen LogP contribution in [0.25, 0.3) is 0 Å². The van der Waals surface area contributed by atoms with Gasteiger partial charge in [0, 0.05) is 19.1 Å². The molecule has 0 aromatic heterocycles. The summed E-state index contributed by atoms with van der Waals surface area (Å²) in [6.45, 7) is 5.31. The van der Waals surface area contributed by atoms with Gasteiger partial charge in [-0.3, -0.25) is 4.79 Å². The molecule has 0 aromatic rings. The van der Waals surface area contributed by atoms with Crippen molar-refractivity contribution >= 4 is 5.97 Å². The van der Waals surface area contributed by atoms with Gasteiger partial charge in [-0.25, -0.2) is 0 Å². The molecule has 1 saturated heterocycles. The molecule has 0 bridgehead atoms. The fourth-order valence-electron chi connectivity index (χ4n) is 2.17. The summed E-state index contributed by atoms with van der Waals surface area (Å²) in [4.78, 5) is 15.1. The summed E-state index contributed by atoms with van der Waals surface area (Å²) in [5, 5.41) is 8.70. The Morgan fingerprint density at radius 2 is 2.33 bits per heavy atom. The lowest BCUT2D eigenvalue weighted by Crippen LogP contribution is -2.35. The molecule has 15 heavy (non-hydrogen) atoms. The van der Waals surface area contributed by atoms with Crippen molar-refractivity contribution in [3.05, 3.63) is 0 Å². The van der Waals surface area contributed by atoms with E-state index in [2.05, 4.69) is 16.8 Å². The monoisotopic (exact) mass is 214 g/mol. The van der Waals surface area contributed by atoms with Crippen LogP contribution in [0.15, 0.2) is 0 Å². The van der Waals surface area contributed by atoms with E-state index in [4.69, 9.17) is 5.11 Å². The van der Waals surface area contributed by atoms with E-state index in [9.17, 15) is 4.79 Å². The van der Waals surface area contributed by atoms with E-state index in [0.29, 0.717) is 5.92 Å². The summed E-state index contributed by atoms with van der Waals surface area (Å²) in [5.74, 6) is -0.00543. The van der Waals surface area contributed by atoms with Crippen LogP contribution in [0.4, 0.5) is 0 Å². The van der Waals surface area contributed by atoms with Gasteiger partial charge in [0.15, 0.2) is 0 Å². The lowest BCUT2D eigenvalue weighted by molar-refractivity contribution is -0.138. The summed E-state index contributed by atoms with van der Waals surface area (Å²) < 4.78 is 0. The zero-order valence-electron chi connectivity index (χ0n) is 9.94. The maximum Gasteiger partial charge on any atom is 0.304 e. The predicted octanol–water partition coefficient (Wildman–Crippen LogP) is 0.733. The molecule has 0 saturated carbocycles. The lowest BCUT2D eigenvalue weighted by atomic mass is 10.1. The van der Waals surface area contributed by atoms with Crippen LogP contribution in [0.2, 0.25) is 0 Å². The SMILES string of the molecule is CC(CC(=O)O)N(C)CC1CCN(C)C1. The van der Waals surface area contributed by atoms with Crippen LogP contribution < -0.4 is 0 Å². The van der Waals surface area contributed by atoms with E-state index in [-0.39, 0.29) is 12.5 Å². The molecule has 0 radical (unpaired) electrons. The van der Waals surface area contributed by atoms with Gasteiger partial charge in [0.1, 0.15) is 0 Å².